The molecule has 0 aliphatic heterocycles. The predicted octanol–water partition coefficient (Wildman–Crippen LogP) is 4.77. The normalized spacial score (nSPS) is 10.3. The second-order valence-corrected chi connectivity index (χ2v) is 6.10. The molecule has 5 heteroatoms. The summed E-state index contributed by atoms with van der Waals surface area (Å²) in [4.78, 5) is 12.0. The van der Waals surface area contributed by atoms with Crippen LogP contribution in [0.2, 0.25) is 5.02 Å². The van der Waals surface area contributed by atoms with E-state index < -0.39 is 0 Å². The first-order valence-electron chi connectivity index (χ1n) is 6.52. The maximum atomic E-state index is 12.0. The highest BCUT2D eigenvalue weighted by Gasteiger charge is 2.07. The summed E-state index contributed by atoms with van der Waals surface area (Å²) >= 11 is 9.45. The van der Waals surface area contributed by atoms with E-state index in [2.05, 4.69) is 26.6 Å². The Morgan fingerprint density at radius 3 is 2.67 bits per heavy atom. The molecule has 0 saturated heterocycles. The molecule has 110 valence electrons. The summed E-state index contributed by atoms with van der Waals surface area (Å²) in [5, 5.41) is 6.63. The van der Waals surface area contributed by atoms with Crippen LogP contribution in [-0.2, 0) is 4.79 Å². The summed E-state index contributed by atoms with van der Waals surface area (Å²) in [6.07, 6.45) is 0. The lowest BCUT2D eigenvalue weighted by Gasteiger charge is -2.12. The Hall–Kier alpha value is -1.52. The first-order chi connectivity index (χ1) is 9.97. The lowest BCUT2D eigenvalue weighted by Crippen LogP contribution is -2.22. The van der Waals surface area contributed by atoms with Gasteiger partial charge in [0.25, 0.3) is 0 Å². The van der Waals surface area contributed by atoms with Gasteiger partial charge >= 0.3 is 0 Å². The highest BCUT2D eigenvalue weighted by molar-refractivity contribution is 9.10. The first-order valence-corrected chi connectivity index (χ1v) is 7.69. The van der Waals surface area contributed by atoms with Gasteiger partial charge in [-0.2, -0.15) is 0 Å². The third kappa shape index (κ3) is 4.22. The third-order valence-electron chi connectivity index (χ3n) is 3.17. The van der Waals surface area contributed by atoms with Crippen LogP contribution < -0.4 is 10.6 Å². The third-order valence-corrected chi connectivity index (χ3v) is 4.07. The fraction of sp³-hybridized carbons (Fsp3) is 0.188. The number of amides is 1. The fourth-order valence-corrected chi connectivity index (χ4v) is 2.59. The van der Waals surface area contributed by atoms with Gasteiger partial charge < -0.3 is 10.6 Å². The highest BCUT2D eigenvalue weighted by atomic mass is 79.9. The van der Waals surface area contributed by atoms with E-state index in [1.54, 1.807) is 6.07 Å². The summed E-state index contributed by atoms with van der Waals surface area (Å²) in [7, 11) is 0. The van der Waals surface area contributed by atoms with E-state index >= 15 is 0 Å². The number of rotatable bonds is 4. The van der Waals surface area contributed by atoms with Gasteiger partial charge in [0, 0.05) is 20.9 Å². The number of aryl methyl sites for hydroxylation is 1. The Labute approximate surface area is 137 Å². The van der Waals surface area contributed by atoms with Crippen molar-refractivity contribution >= 4 is 44.8 Å². The molecule has 1 amide bonds. The van der Waals surface area contributed by atoms with E-state index in [1.807, 2.05) is 44.2 Å². The lowest BCUT2D eigenvalue weighted by atomic mass is 10.2. The van der Waals surface area contributed by atoms with Crippen molar-refractivity contribution in [1.29, 1.82) is 0 Å². The molecule has 0 fully saturated rings. The molecule has 0 spiro atoms. The van der Waals surface area contributed by atoms with Crippen LogP contribution in [0.4, 0.5) is 11.4 Å². The monoisotopic (exact) mass is 366 g/mol. The summed E-state index contributed by atoms with van der Waals surface area (Å²) in [6, 6.07) is 11.3. The van der Waals surface area contributed by atoms with Gasteiger partial charge in [-0.05, 0) is 55.3 Å². The Morgan fingerprint density at radius 2 is 1.95 bits per heavy atom. The van der Waals surface area contributed by atoms with Crippen LogP contribution in [0.3, 0.4) is 0 Å². The topological polar surface area (TPSA) is 41.1 Å². The number of hydrogen-bond donors (Lipinski definition) is 2. The van der Waals surface area contributed by atoms with E-state index in [9.17, 15) is 4.79 Å². The van der Waals surface area contributed by atoms with Crippen molar-refractivity contribution in [2.75, 3.05) is 17.2 Å². The van der Waals surface area contributed by atoms with Gasteiger partial charge in [0.2, 0.25) is 5.91 Å². The number of carbonyl (C=O) groups excluding carboxylic acids is 1. The van der Waals surface area contributed by atoms with E-state index in [1.165, 1.54) is 0 Å². The average molecular weight is 368 g/mol. The van der Waals surface area contributed by atoms with Crippen LogP contribution >= 0.6 is 27.5 Å². The smallest absolute Gasteiger partial charge is 0.243 e. The van der Waals surface area contributed by atoms with Gasteiger partial charge in [-0.1, -0.05) is 33.6 Å². The van der Waals surface area contributed by atoms with Crippen molar-refractivity contribution < 1.29 is 4.79 Å². The molecule has 0 aliphatic carbocycles. The van der Waals surface area contributed by atoms with Crippen LogP contribution in [0.5, 0.6) is 0 Å². The molecular formula is C16H16BrClN2O. The minimum absolute atomic E-state index is 0.109. The van der Waals surface area contributed by atoms with Crippen LogP contribution in [0.1, 0.15) is 11.1 Å². The molecule has 0 aliphatic rings. The molecule has 2 aromatic carbocycles. The summed E-state index contributed by atoms with van der Waals surface area (Å²) in [5.41, 5.74) is 3.63. The maximum absolute atomic E-state index is 12.0. The minimum Gasteiger partial charge on any atom is -0.376 e. The van der Waals surface area contributed by atoms with Crippen LogP contribution in [0, 0.1) is 13.8 Å². The van der Waals surface area contributed by atoms with Crippen molar-refractivity contribution in [2.24, 2.45) is 0 Å². The molecule has 0 aromatic heterocycles. The SMILES string of the molecule is Cc1cc(Br)ccc1NCC(=O)Nc1cccc(Cl)c1C. The van der Waals surface area contributed by atoms with Crippen molar-refractivity contribution in [2.45, 2.75) is 13.8 Å². The zero-order valence-electron chi connectivity index (χ0n) is 11.8. The Morgan fingerprint density at radius 1 is 1.19 bits per heavy atom. The molecule has 0 unspecified atom stereocenters. The number of benzene rings is 2. The predicted molar refractivity (Wildman–Crippen MR) is 92.2 cm³/mol. The molecule has 0 heterocycles. The molecule has 3 nitrogen and oxygen atoms in total. The first kappa shape index (κ1) is 15.9. The molecule has 0 atom stereocenters. The second kappa shape index (κ2) is 6.96. The molecule has 2 N–H and O–H groups in total. The summed E-state index contributed by atoms with van der Waals surface area (Å²) < 4.78 is 1.02. The standard InChI is InChI=1S/C16H16BrClN2O/c1-10-8-12(17)6-7-14(10)19-9-16(21)20-15-5-3-4-13(18)11(15)2/h3-8,19H,9H2,1-2H3,(H,20,21). The van der Waals surface area contributed by atoms with Crippen molar-refractivity contribution in [1.82, 2.24) is 0 Å². The van der Waals surface area contributed by atoms with E-state index in [0.29, 0.717) is 5.02 Å². The van der Waals surface area contributed by atoms with Gasteiger partial charge in [0.05, 0.1) is 6.54 Å². The molecular weight excluding hydrogens is 352 g/mol. The zero-order valence-corrected chi connectivity index (χ0v) is 14.2. The average Bonchev–Trinajstić information content (AvgIpc) is 2.43. The molecule has 0 saturated carbocycles. The molecule has 0 bridgehead atoms. The number of halogens is 2. The van der Waals surface area contributed by atoms with E-state index in [0.717, 1.165) is 27.0 Å². The zero-order chi connectivity index (χ0) is 15.4. The van der Waals surface area contributed by atoms with Crippen molar-refractivity contribution in [3.63, 3.8) is 0 Å². The highest BCUT2D eigenvalue weighted by Crippen LogP contribution is 2.23. The second-order valence-electron chi connectivity index (χ2n) is 4.77. The van der Waals surface area contributed by atoms with Gasteiger partial charge in [-0.3, -0.25) is 4.79 Å². The maximum Gasteiger partial charge on any atom is 0.243 e. The fourth-order valence-electron chi connectivity index (χ4n) is 1.94. The Bertz CT molecular complexity index is 673. The number of carbonyl (C=O) groups is 1. The number of hydrogen-bond acceptors (Lipinski definition) is 2. The Balaban J connectivity index is 1.97. The van der Waals surface area contributed by atoms with Crippen LogP contribution in [0.15, 0.2) is 40.9 Å². The van der Waals surface area contributed by atoms with Gasteiger partial charge in [-0.25, -0.2) is 0 Å². The van der Waals surface area contributed by atoms with Gasteiger partial charge in [0.1, 0.15) is 0 Å². The summed E-state index contributed by atoms with van der Waals surface area (Å²) in [6.45, 7) is 4.07. The van der Waals surface area contributed by atoms with E-state index in [4.69, 9.17) is 11.6 Å². The van der Waals surface area contributed by atoms with Crippen molar-refractivity contribution in [3.8, 4) is 0 Å². The van der Waals surface area contributed by atoms with Crippen molar-refractivity contribution in [3.05, 3.63) is 57.0 Å². The van der Waals surface area contributed by atoms with Gasteiger partial charge in [0.15, 0.2) is 0 Å². The molecule has 2 rings (SSSR count). The number of nitrogens with one attached hydrogen (secondary N) is 2. The molecule has 2 aromatic rings. The Kier molecular flexibility index (Phi) is 5.26. The summed E-state index contributed by atoms with van der Waals surface area (Å²) in [5.74, 6) is -0.109. The lowest BCUT2D eigenvalue weighted by molar-refractivity contribution is -0.114. The largest absolute Gasteiger partial charge is 0.376 e. The van der Waals surface area contributed by atoms with E-state index in [-0.39, 0.29) is 12.5 Å². The van der Waals surface area contributed by atoms with Crippen LogP contribution in [-0.4, -0.2) is 12.5 Å². The molecule has 0 radical (unpaired) electrons. The van der Waals surface area contributed by atoms with Gasteiger partial charge in [-0.15, -0.1) is 0 Å². The minimum atomic E-state index is -0.109. The van der Waals surface area contributed by atoms with Crippen LogP contribution in [0.25, 0.3) is 0 Å². The number of anilines is 2. The molecule has 21 heavy (non-hydrogen) atoms. The quantitative estimate of drug-likeness (QED) is 0.817.